The van der Waals surface area contributed by atoms with E-state index in [1.165, 1.54) is 18.2 Å². The Morgan fingerprint density at radius 2 is 1.74 bits per heavy atom. The van der Waals surface area contributed by atoms with Crippen molar-refractivity contribution in [1.29, 1.82) is 0 Å². The van der Waals surface area contributed by atoms with Crippen molar-refractivity contribution >= 4 is 5.97 Å². The molecule has 0 aromatic heterocycles. The van der Waals surface area contributed by atoms with E-state index in [1.54, 1.807) is 0 Å². The molecule has 0 bridgehead atoms. The lowest BCUT2D eigenvalue weighted by molar-refractivity contribution is -0.139. The van der Waals surface area contributed by atoms with Crippen LogP contribution >= 0.6 is 0 Å². The van der Waals surface area contributed by atoms with Crippen LogP contribution in [0.15, 0.2) is 54.6 Å². The van der Waals surface area contributed by atoms with Gasteiger partial charge in [-0.3, -0.25) is 4.79 Å². The number of rotatable bonds is 7. The van der Waals surface area contributed by atoms with E-state index in [-0.39, 0.29) is 5.97 Å². The van der Waals surface area contributed by atoms with Crippen LogP contribution in [0, 0.1) is 0 Å². The molecule has 2 atom stereocenters. The average Bonchev–Trinajstić information content (AvgIpc) is 2.55. The lowest BCUT2D eigenvalue weighted by atomic mass is 10.0. The first-order chi connectivity index (χ1) is 11.1. The molecule has 23 heavy (non-hydrogen) atoms. The Morgan fingerprint density at radius 3 is 2.43 bits per heavy atom. The molecule has 2 rings (SSSR count). The smallest absolute Gasteiger partial charge is 0.309 e. The molecular weight excluding hydrogens is 286 g/mol. The van der Waals surface area contributed by atoms with E-state index < -0.39 is 0 Å². The normalized spacial score (nSPS) is 13.3. The monoisotopic (exact) mass is 311 g/mol. The molecule has 3 nitrogen and oxygen atoms in total. The van der Waals surface area contributed by atoms with Gasteiger partial charge >= 0.3 is 5.97 Å². The molecular formula is C20H25NO2. The van der Waals surface area contributed by atoms with Crippen LogP contribution in [0.3, 0.4) is 0 Å². The van der Waals surface area contributed by atoms with E-state index >= 15 is 0 Å². The number of hydrogen-bond acceptors (Lipinski definition) is 3. The molecule has 122 valence electrons. The summed E-state index contributed by atoms with van der Waals surface area (Å²) in [7, 11) is 1.42. The van der Waals surface area contributed by atoms with Crippen molar-refractivity contribution in [3.05, 3.63) is 71.3 Å². The highest BCUT2D eigenvalue weighted by Crippen LogP contribution is 2.14. The fourth-order valence-corrected chi connectivity index (χ4v) is 2.78. The minimum Gasteiger partial charge on any atom is -0.469 e. The van der Waals surface area contributed by atoms with Crippen molar-refractivity contribution in [1.82, 2.24) is 5.32 Å². The number of esters is 1. The Hall–Kier alpha value is -2.13. The van der Waals surface area contributed by atoms with Crippen LogP contribution in [0.1, 0.15) is 36.6 Å². The summed E-state index contributed by atoms with van der Waals surface area (Å²) < 4.78 is 4.73. The highest BCUT2D eigenvalue weighted by Gasteiger charge is 2.10. The average molecular weight is 311 g/mol. The quantitative estimate of drug-likeness (QED) is 0.793. The van der Waals surface area contributed by atoms with Crippen molar-refractivity contribution in [2.45, 2.75) is 38.8 Å². The second kappa shape index (κ2) is 8.49. The SMILES string of the molecule is COC(=O)Cc1cccc(C[C@@H](C)NC(C)c2ccccc2)c1. The molecule has 0 saturated carbocycles. The zero-order valence-corrected chi connectivity index (χ0v) is 14.1. The number of carbonyl (C=O) groups is 1. The predicted octanol–water partition coefficient (Wildman–Crippen LogP) is 3.68. The Labute approximate surface area is 138 Å². The zero-order chi connectivity index (χ0) is 16.7. The molecule has 1 N–H and O–H groups in total. The minimum absolute atomic E-state index is 0.203. The molecule has 0 aliphatic carbocycles. The lowest BCUT2D eigenvalue weighted by Crippen LogP contribution is -2.30. The van der Waals surface area contributed by atoms with Crippen LogP contribution in [-0.2, 0) is 22.4 Å². The van der Waals surface area contributed by atoms with Crippen LogP contribution in [-0.4, -0.2) is 19.1 Å². The summed E-state index contributed by atoms with van der Waals surface area (Å²) in [6.07, 6.45) is 1.25. The highest BCUT2D eigenvalue weighted by molar-refractivity contribution is 5.72. The topological polar surface area (TPSA) is 38.3 Å². The van der Waals surface area contributed by atoms with Gasteiger partial charge in [-0.05, 0) is 37.0 Å². The first kappa shape index (κ1) is 17.2. The van der Waals surface area contributed by atoms with Crippen molar-refractivity contribution in [3.8, 4) is 0 Å². The third kappa shape index (κ3) is 5.53. The Balaban J connectivity index is 1.93. The summed E-state index contributed by atoms with van der Waals surface area (Å²) in [5.74, 6) is -0.203. The molecule has 0 aliphatic heterocycles. The van der Waals surface area contributed by atoms with Gasteiger partial charge in [-0.2, -0.15) is 0 Å². The second-order valence-electron chi connectivity index (χ2n) is 5.98. The third-order valence-electron chi connectivity index (χ3n) is 3.94. The third-order valence-corrected chi connectivity index (χ3v) is 3.94. The van der Waals surface area contributed by atoms with Gasteiger partial charge in [0, 0.05) is 12.1 Å². The molecule has 0 saturated heterocycles. The maximum Gasteiger partial charge on any atom is 0.309 e. The number of hydrogen-bond donors (Lipinski definition) is 1. The predicted molar refractivity (Wildman–Crippen MR) is 93.3 cm³/mol. The molecule has 2 aromatic carbocycles. The number of carbonyl (C=O) groups excluding carboxylic acids is 1. The molecule has 0 fully saturated rings. The molecule has 2 aromatic rings. The lowest BCUT2D eigenvalue weighted by Gasteiger charge is -2.20. The maximum absolute atomic E-state index is 11.4. The van der Waals surface area contributed by atoms with Gasteiger partial charge in [0.15, 0.2) is 0 Å². The summed E-state index contributed by atoms with van der Waals surface area (Å²) in [5.41, 5.74) is 3.52. The van der Waals surface area contributed by atoms with Crippen molar-refractivity contribution in [2.24, 2.45) is 0 Å². The van der Waals surface area contributed by atoms with Gasteiger partial charge in [0.2, 0.25) is 0 Å². The van der Waals surface area contributed by atoms with E-state index in [9.17, 15) is 4.79 Å². The molecule has 0 amide bonds. The first-order valence-corrected chi connectivity index (χ1v) is 8.04. The zero-order valence-electron chi connectivity index (χ0n) is 14.1. The molecule has 0 radical (unpaired) electrons. The van der Waals surface area contributed by atoms with E-state index in [2.05, 4.69) is 55.6 Å². The van der Waals surface area contributed by atoms with Gasteiger partial charge in [0.25, 0.3) is 0 Å². The van der Waals surface area contributed by atoms with E-state index in [1.807, 2.05) is 18.2 Å². The maximum atomic E-state index is 11.4. The summed E-state index contributed by atoms with van der Waals surface area (Å²) in [6, 6.07) is 19.3. The largest absolute Gasteiger partial charge is 0.469 e. The molecule has 0 aliphatic rings. The van der Waals surface area contributed by atoms with Crippen LogP contribution < -0.4 is 5.32 Å². The van der Waals surface area contributed by atoms with Crippen LogP contribution in [0.2, 0.25) is 0 Å². The summed E-state index contributed by atoms with van der Waals surface area (Å²) in [5, 5.41) is 3.62. The van der Waals surface area contributed by atoms with E-state index in [4.69, 9.17) is 4.74 Å². The fraction of sp³-hybridized carbons (Fsp3) is 0.350. The van der Waals surface area contributed by atoms with Crippen molar-refractivity contribution < 1.29 is 9.53 Å². The summed E-state index contributed by atoms with van der Waals surface area (Å²) >= 11 is 0. The van der Waals surface area contributed by atoms with Gasteiger partial charge in [-0.15, -0.1) is 0 Å². The van der Waals surface area contributed by atoms with Gasteiger partial charge in [0.05, 0.1) is 13.5 Å². The molecule has 3 heteroatoms. The Morgan fingerprint density at radius 1 is 1.04 bits per heavy atom. The van der Waals surface area contributed by atoms with Crippen LogP contribution in [0.4, 0.5) is 0 Å². The highest BCUT2D eigenvalue weighted by atomic mass is 16.5. The molecule has 0 heterocycles. The number of benzene rings is 2. The van der Waals surface area contributed by atoms with Gasteiger partial charge in [0.1, 0.15) is 0 Å². The van der Waals surface area contributed by atoms with Gasteiger partial charge in [-0.25, -0.2) is 0 Å². The van der Waals surface area contributed by atoms with Crippen LogP contribution in [0.25, 0.3) is 0 Å². The molecule has 1 unspecified atom stereocenters. The summed E-state index contributed by atoms with van der Waals surface area (Å²) in [6.45, 7) is 4.37. The first-order valence-electron chi connectivity index (χ1n) is 8.04. The number of ether oxygens (including phenoxy) is 1. The molecule has 0 spiro atoms. The minimum atomic E-state index is -0.203. The van der Waals surface area contributed by atoms with Gasteiger partial charge in [-0.1, -0.05) is 54.6 Å². The number of nitrogens with one attached hydrogen (secondary N) is 1. The van der Waals surface area contributed by atoms with E-state index in [0.29, 0.717) is 18.5 Å². The summed E-state index contributed by atoms with van der Waals surface area (Å²) in [4.78, 5) is 11.4. The second-order valence-corrected chi connectivity index (χ2v) is 5.98. The number of methoxy groups -OCH3 is 1. The van der Waals surface area contributed by atoms with Crippen LogP contribution in [0.5, 0.6) is 0 Å². The Bertz CT molecular complexity index is 625. The van der Waals surface area contributed by atoms with Gasteiger partial charge < -0.3 is 10.1 Å². The van der Waals surface area contributed by atoms with E-state index in [0.717, 1.165) is 12.0 Å². The van der Waals surface area contributed by atoms with Crippen molar-refractivity contribution in [3.63, 3.8) is 0 Å². The fourth-order valence-electron chi connectivity index (χ4n) is 2.78. The Kier molecular flexibility index (Phi) is 6.36. The standard InChI is InChI=1S/C20H25NO2/c1-15(21-16(2)19-10-5-4-6-11-19)12-17-8-7-9-18(13-17)14-20(22)23-3/h4-11,13,15-16,21H,12,14H2,1-3H3/t15-,16?/m1/s1. The van der Waals surface area contributed by atoms with Crippen molar-refractivity contribution in [2.75, 3.05) is 7.11 Å².